The Morgan fingerprint density at radius 3 is 2.95 bits per heavy atom. The fourth-order valence-electron chi connectivity index (χ4n) is 2.83. The summed E-state index contributed by atoms with van der Waals surface area (Å²) in [5.41, 5.74) is 5.74. The zero-order valence-electron chi connectivity index (χ0n) is 12.6. The summed E-state index contributed by atoms with van der Waals surface area (Å²) < 4.78 is 5.24. The molecule has 0 spiro atoms. The Morgan fingerprint density at radius 2 is 2.23 bits per heavy atom. The Kier molecular flexibility index (Phi) is 4.42. The molecule has 7 heteroatoms. The van der Waals surface area contributed by atoms with E-state index in [-0.39, 0.29) is 17.7 Å². The number of piperidine rings is 1. The van der Waals surface area contributed by atoms with Crippen molar-refractivity contribution in [2.75, 3.05) is 26.2 Å². The summed E-state index contributed by atoms with van der Waals surface area (Å²) in [4.78, 5) is 26.2. The Morgan fingerprint density at radius 1 is 1.41 bits per heavy atom. The van der Waals surface area contributed by atoms with E-state index in [1.807, 2.05) is 0 Å². The van der Waals surface area contributed by atoms with Crippen LogP contribution in [0.15, 0.2) is 10.6 Å². The maximum atomic E-state index is 12.5. The van der Waals surface area contributed by atoms with Crippen LogP contribution in [0.1, 0.15) is 47.8 Å². The van der Waals surface area contributed by atoms with Crippen molar-refractivity contribution in [2.45, 2.75) is 31.6 Å². The molecule has 1 unspecified atom stereocenters. The van der Waals surface area contributed by atoms with Crippen LogP contribution >= 0.6 is 0 Å². The van der Waals surface area contributed by atoms with Crippen molar-refractivity contribution in [2.24, 2.45) is 11.7 Å². The molecule has 22 heavy (non-hydrogen) atoms. The number of likely N-dealkylation sites (tertiary alicyclic amines) is 1. The lowest BCUT2D eigenvalue weighted by Gasteiger charge is -2.31. The third-order valence-corrected chi connectivity index (χ3v) is 4.25. The fourth-order valence-corrected chi connectivity index (χ4v) is 2.83. The molecule has 2 fully saturated rings. The summed E-state index contributed by atoms with van der Waals surface area (Å²) in [6.45, 7) is 1.98. The van der Waals surface area contributed by atoms with E-state index in [4.69, 9.17) is 10.3 Å². The van der Waals surface area contributed by atoms with Crippen LogP contribution in [0.2, 0.25) is 0 Å². The molecule has 2 heterocycles. The molecule has 3 N–H and O–H groups in total. The first kappa shape index (κ1) is 15.0. The molecule has 2 aliphatic rings. The van der Waals surface area contributed by atoms with Crippen LogP contribution in [0, 0.1) is 5.92 Å². The molecule has 2 amide bonds. The molecule has 1 aromatic rings. The monoisotopic (exact) mass is 306 g/mol. The fraction of sp³-hybridized carbons (Fsp3) is 0.667. The van der Waals surface area contributed by atoms with Crippen molar-refractivity contribution < 1.29 is 14.1 Å². The molecule has 1 atom stereocenters. The quantitative estimate of drug-likeness (QED) is 0.824. The van der Waals surface area contributed by atoms with Gasteiger partial charge >= 0.3 is 0 Å². The van der Waals surface area contributed by atoms with Gasteiger partial charge in [0.25, 0.3) is 5.91 Å². The summed E-state index contributed by atoms with van der Waals surface area (Å²) in [7, 11) is 0. The minimum Gasteiger partial charge on any atom is -0.360 e. The van der Waals surface area contributed by atoms with Crippen molar-refractivity contribution in [1.29, 1.82) is 0 Å². The van der Waals surface area contributed by atoms with Crippen LogP contribution in [-0.4, -0.2) is 48.0 Å². The summed E-state index contributed by atoms with van der Waals surface area (Å²) in [5, 5.41) is 6.68. The number of rotatable bonds is 5. The van der Waals surface area contributed by atoms with Gasteiger partial charge in [-0.05, 0) is 25.7 Å². The molecular weight excluding hydrogens is 284 g/mol. The van der Waals surface area contributed by atoms with Crippen LogP contribution in [0.5, 0.6) is 0 Å². The average Bonchev–Trinajstić information content (AvgIpc) is 3.29. The smallest absolute Gasteiger partial charge is 0.276 e. The van der Waals surface area contributed by atoms with Crippen LogP contribution in [0.4, 0.5) is 0 Å². The predicted molar refractivity (Wildman–Crippen MR) is 79.2 cm³/mol. The number of nitrogens with zero attached hydrogens (tertiary/aromatic N) is 2. The zero-order chi connectivity index (χ0) is 15.5. The number of hydrogen-bond donors (Lipinski definition) is 2. The van der Waals surface area contributed by atoms with Crippen molar-refractivity contribution in [3.8, 4) is 0 Å². The molecule has 1 aromatic heterocycles. The number of carbonyl (C=O) groups is 2. The molecule has 1 saturated heterocycles. The minimum absolute atomic E-state index is 0.0261. The zero-order valence-corrected chi connectivity index (χ0v) is 12.6. The highest BCUT2D eigenvalue weighted by molar-refractivity contribution is 5.93. The molecule has 1 aliphatic heterocycles. The molecule has 1 saturated carbocycles. The third-order valence-electron chi connectivity index (χ3n) is 4.25. The Balaban J connectivity index is 1.60. The SMILES string of the molecule is NCCNC(=O)C1CCCN(C(=O)c2cc(C3CC3)on2)C1. The van der Waals surface area contributed by atoms with Crippen LogP contribution in [0.3, 0.4) is 0 Å². The maximum Gasteiger partial charge on any atom is 0.276 e. The number of amides is 2. The largest absolute Gasteiger partial charge is 0.360 e. The first-order valence-corrected chi connectivity index (χ1v) is 7.92. The van der Waals surface area contributed by atoms with Crippen molar-refractivity contribution in [3.63, 3.8) is 0 Å². The van der Waals surface area contributed by atoms with Crippen LogP contribution in [0.25, 0.3) is 0 Å². The van der Waals surface area contributed by atoms with Crippen molar-refractivity contribution >= 4 is 11.8 Å². The lowest BCUT2D eigenvalue weighted by atomic mass is 9.97. The number of carbonyl (C=O) groups excluding carboxylic acids is 2. The highest BCUT2D eigenvalue weighted by atomic mass is 16.5. The van der Waals surface area contributed by atoms with Crippen molar-refractivity contribution in [3.05, 3.63) is 17.5 Å². The van der Waals surface area contributed by atoms with Gasteiger partial charge in [0.05, 0.1) is 5.92 Å². The van der Waals surface area contributed by atoms with Gasteiger partial charge in [0.15, 0.2) is 5.69 Å². The van der Waals surface area contributed by atoms with E-state index < -0.39 is 0 Å². The molecule has 1 aliphatic carbocycles. The molecule has 3 rings (SSSR count). The summed E-state index contributed by atoms with van der Waals surface area (Å²) in [5.74, 6) is 0.899. The number of nitrogens with two attached hydrogens (primary N) is 1. The minimum atomic E-state index is -0.168. The van der Waals surface area contributed by atoms with Crippen LogP contribution in [-0.2, 0) is 4.79 Å². The van der Waals surface area contributed by atoms with Gasteiger partial charge in [-0.2, -0.15) is 0 Å². The Bertz CT molecular complexity index is 553. The van der Waals surface area contributed by atoms with Gasteiger partial charge in [0.1, 0.15) is 5.76 Å². The second-order valence-electron chi connectivity index (χ2n) is 6.06. The Hall–Kier alpha value is -1.89. The lowest BCUT2D eigenvalue weighted by Crippen LogP contribution is -2.46. The van der Waals surface area contributed by atoms with Crippen LogP contribution < -0.4 is 11.1 Å². The molecule has 0 aromatic carbocycles. The topological polar surface area (TPSA) is 101 Å². The molecule has 7 nitrogen and oxygen atoms in total. The first-order chi connectivity index (χ1) is 10.7. The van der Waals surface area contributed by atoms with E-state index in [0.717, 1.165) is 31.4 Å². The van der Waals surface area contributed by atoms with E-state index in [0.29, 0.717) is 37.8 Å². The maximum absolute atomic E-state index is 12.5. The van der Waals surface area contributed by atoms with E-state index in [1.165, 1.54) is 0 Å². The number of nitrogens with one attached hydrogen (secondary N) is 1. The molecule has 120 valence electrons. The second-order valence-corrected chi connectivity index (χ2v) is 6.06. The summed E-state index contributed by atoms with van der Waals surface area (Å²) in [6, 6.07) is 1.75. The third kappa shape index (κ3) is 3.30. The lowest BCUT2D eigenvalue weighted by molar-refractivity contribution is -0.126. The summed E-state index contributed by atoms with van der Waals surface area (Å²) in [6.07, 6.45) is 3.83. The van der Waals surface area contributed by atoms with Gasteiger partial charge in [-0.1, -0.05) is 5.16 Å². The van der Waals surface area contributed by atoms with Gasteiger partial charge in [0, 0.05) is 38.2 Å². The predicted octanol–water partition coefficient (Wildman–Crippen LogP) is 0.479. The van der Waals surface area contributed by atoms with E-state index in [9.17, 15) is 9.59 Å². The highest BCUT2D eigenvalue weighted by Crippen LogP contribution is 2.40. The van der Waals surface area contributed by atoms with Gasteiger partial charge in [0.2, 0.25) is 5.91 Å². The van der Waals surface area contributed by atoms with E-state index >= 15 is 0 Å². The van der Waals surface area contributed by atoms with E-state index in [1.54, 1.807) is 11.0 Å². The van der Waals surface area contributed by atoms with Gasteiger partial charge < -0.3 is 20.5 Å². The number of hydrogen-bond acceptors (Lipinski definition) is 5. The highest BCUT2D eigenvalue weighted by Gasteiger charge is 2.32. The normalized spacial score (nSPS) is 21.7. The van der Waals surface area contributed by atoms with Crippen molar-refractivity contribution in [1.82, 2.24) is 15.4 Å². The first-order valence-electron chi connectivity index (χ1n) is 7.92. The average molecular weight is 306 g/mol. The van der Waals surface area contributed by atoms with Gasteiger partial charge in [-0.3, -0.25) is 9.59 Å². The van der Waals surface area contributed by atoms with Gasteiger partial charge in [-0.25, -0.2) is 0 Å². The second kappa shape index (κ2) is 6.48. The van der Waals surface area contributed by atoms with Gasteiger partial charge in [-0.15, -0.1) is 0 Å². The standard InChI is InChI=1S/C15H22N4O3/c16-5-6-17-14(20)11-2-1-7-19(9-11)15(21)12-8-13(22-18-12)10-3-4-10/h8,10-11H,1-7,9,16H2,(H,17,20). The van der Waals surface area contributed by atoms with E-state index in [2.05, 4.69) is 10.5 Å². The Labute approximate surface area is 129 Å². The molecule has 0 bridgehead atoms. The number of aromatic nitrogens is 1. The molecule has 0 radical (unpaired) electrons. The molecular formula is C15H22N4O3. The summed E-state index contributed by atoms with van der Waals surface area (Å²) >= 11 is 0.